The predicted molar refractivity (Wildman–Crippen MR) is 93.6 cm³/mol. The molecule has 0 unspecified atom stereocenters. The molecule has 116 valence electrons. The van der Waals surface area contributed by atoms with Crippen molar-refractivity contribution in [3.8, 4) is 0 Å². The molecule has 0 aromatic heterocycles. The minimum Gasteiger partial charge on any atom is -0.376 e. The lowest BCUT2D eigenvalue weighted by Gasteiger charge is -2.11. The van der Waals surface area contributed by atoms with Crippen LogP contribution in [0.3, 0.4) is 0 Å². The molecule has 0 heterocycles. The Kier molecular flexibility index (Phi) is 5.21. The van der Waals surface area contributed by atoms with Crippen molar-refractivity contribution in [2.45, 2.75) is 33.6 Å². The van der Waals surface area contributed by atoms with Gasteiger partial charge in [-0.3, -0.25) is 4.79 Å². The zero-order valence-corrected chi connectivity index (χ0v) is 13.7. The van der Waals surface area contributed by atoms with E-state index in [2.05, 4.69) is 49.6 Å². The first-order chi connectivity index (χ1) is 10.5. The summed E-state index contributed by atoms with van der Waals surface area (Å²) in [5.41, 5.74) is 5.46. The molecule has 0 fully saturated rings. The zero-order chi connectivity index (χ0) is 16.1. The van der Waals surface area contributed by atoms with Gasteiger partial charge in [-0.2, -0.15) is 0 Å². The molecular weight excluding hydrogens is 272 g/mol. The van der Waals surface area contributed by atoms with E-state index in [1.165, 1.54) is 11.1 Å². The van der Waals surface area contributed by atoms with Gasteiger partial charge in [0.15, 0.2) is 0 Å². The van der Waals surface area contributed by atoms with Crippen LogP contribution >= 0.6 is 0 Å². The number of amides is 1. The molecule has 0 aliphatic rings. The predicted octanol–water partition coefficient (Wildman–Crippen LogP) is 4.48. The fourth-order valence-electron chi connectivity index (χ4n) is 2.34. The Bertz CT molecular complexity index is 645. The Morgan fingerprint density at radius 1 is 1.05 bits per heavy atom. The van der Waals surface area contributed by atoms with Crippen LogP contribution in [0.2, 0.25) is 0 Å². The highest BCUT2D eigenvalue weighted by Gasteiger charge is 2.05. The van der Waals surface area contributed by atoms with E-state index in [0.29, 0.717) is 5.92 Å². The fourth-order valence-corrected chi connectivity index (χ4v) is 2.34. The Morgan fingerprint density at radius 2 is 1.73 bits per heavy atom. The second-order valence-electron chi connectivity index (χ2n) is 6.00. The summed E-state index contributed by atoms with van der Waals surface area (Å²) in [6.45, 7) is 8.67. The molecule has 0 bridgehead atoms. The Morgan fingerprint density at radius 3 is 2.32 bits per heavy atom. The molecule has 0 aliphatic carbocycles. The van der Waals surface area contributed by atoms with Gasteiger partial charge in [0, 0.05) is 11.4 Å². The largest absolute Gasteiger partial charge is 0.376 e. The number of benzene rings is 2. The van der Waals surface area contributed by atoms with E-state index in [0.717, 1.165) is 16.9 Å². The van der Waals surface area contributed by atoms with Gasteiger partial charge >= 0.3 is 0 Å². The number of carbonyl (C=O) groups excluding carboxylic acids is 1. The summed E-state index contributed by atoms with van der Waals surface area (Å²) in [7, 11) is 0. The molecule has 0 spiro atoms. The third-order valence-electron chi connectivity index (χ3n) is 3.68. The van der Waals surface area contributed by atoms with E-state index >= 15 is 0 Å². The summed E-state index contributed by atoms with van der Waals surface area (Å²) < 4.78 is 0. The summed E-state index contributed by atoms with van der Waals surface area (Å²) in [6, 6.07) is 14.2. The molecule has 1 amide bonds. The van der Waals surface area contributed by atoms with Crippen molar-refractivity contribution in [1.29, 1.82) is 0 Å². The summed E-state index contributed by atoms with van der Waals surface area (Å²) in [6.07, 6.45) is 0. The van der Waals surface area contributed by atoms with E-state index in [1.807, 2.05) is 31.2 Å². The molecule has 2 aromatic carbocycles. The first-order valence-electron chi connectivity index (χ1n) is 7.66. The van der Waals surface area contributed by atoms with E-state index < -0.39 is 0 Å². The molecule has 0 saturated carbocycles. The number of hydrogen-bond donors (Lipinski definition) is 2. The van der Waals surface area contributed by atoms with E-state index in [1.54, 1.807) is 0 Å². The lowest BCUT2D eigenvalue weighted by Crippen LogP contribution is -2.22. The number of carbonyl (C=O) groups is 1. The summed E-state index contributed by atoms with van der Waals surface area (Å²) in [5.74, 6) is 0.452. The summed E-state index contributed by atoms with van der Waals surface area (Å²) in [5, 5.41) is 6.09. The number of aryl methyl sites for hydroxylation is 2. The highest BCUT2D eigenvalue weighted by Crippen LogP contribution is 2.18. The first kappa shape index (κ1) is 16.1. The van der Waals surface area contributed by atoms with Crippen molar-refractivity contribution in [2.24, 2.45) is 0 Å². The van der Waals surface area contributed by atoms with Crippen LogP contribution in [0.5, 0.6) is 0 Å². The number of nitrogens with one attached hydrogen (secondary N) is 2. The normalized spacial score (nSPS) is 10.6. The van der Waals surface area contributed by atoms with Crippen LogP contribution in [-0.2, 0) is 4.79 Å². The van der Waals surface area contributed by atoms with Gasteiger partial charge in [-0.15, -0.1) is 0 Å². The minimum atomic E-state index is -0.0442. The summed E-state index contributed by atoms with van der Waals surface area (Å²) in [4.78, 5) is 12.0. The van der Waals surface area contributed by atoms with Gasteiger partial charge < -0.3 is 10.6 Å². The van der Waals surface area contributed by atoms with Crippen LogP contribution in [0.1, 0.15) is 36.5 Å². The molecule has 0 atom stereocenters. The van der Waals surface area contributed by atoms with E-state index in [-0.39, 0.29) is 12.5 Å². The van der Waals surface area contributed by atoms with Crippen LogP contribution < -0.4 is 10.6 Å². The van der Waals surface area contributed by atoms with Crippen LogP contribution in [0.25, 0.3) is 0 Å². The Hall–Kier alpha value is -2.29. The molecule has 2 aromatic rings. The third kappa shape index (κ3) is 4.35. The second kappa shape index (κ2) is 7.12. The van der Waals surface area contributed by atoms with Gasteiger partial charge in [-0.05, 0) is 49.1 Å². The second-order valence-corrected chi connectivity index (χ2v) is 6.00. The van der Waals surface area contributed by atoms with E-state index in [4.69, 9.17) is 0 Å². The molecule has 2 rings (SSSR count). The van der Waals surface area contributed by atoms with Gasteiger partial charge in [-0.25, -0.2) is 0 Å². The van der Waals surface area contributed by atoms with Crippen LogP contribution in [-0.4, -0.2) is 12.5 Å². The van der Waals surface area contributed by atoms with Crippen molar-refractivity contribution in [2.75, 3.05) is 17.2 Å². The molecule has 3 heteroatoms. The van der Waals surface area contributed by atoms with Crippen molar-refractivity contribution in [1.82, 2.24) is 0 Å². The molecule has 0 radical (unpaired) electrons. The molecule has 0 saturated heterocycles. The fraction of sp³-hybridized carbons (Fsp3) is 0.316. The topological polar surface area (TPSA) is 41.1 Å². The monoisotopic (exact) mass is 296 g/mol. The number of rotatable bonds is 5. The Balaban J connectivity index is 1.90. The minimum absolute atomic E-state index is 0.0442. The smallest absolute Gasteiger partial charge is 0.243 e. The lowest BCUT2D eigenvalue weighted by atomic mass is 10.0. The van der Waals surface area contributed by atoms with Gasteiger partial charge in [0.1, 0.15) is 0 Å². The SMILES string of the molecule is Cc1ccc(NCC(=O)Nc2ccc(C(C)C)cc2)c(C)c1. The van der Waals surface area contributed by atoms with Crippen molar-refractivity contribution in [3.63, 3.8) is 0 Å². The zero-order valence-electron chi connectivity index (χ0n) is 13.7. The average Bonchev–Trinajstić information content (AvgIpc) is 2.47. The van der Waals surface area contributed by atoms with Crippen LogP contribution in [0.4, 0.5) is 11.4 Å². The third-order valence-corrected chi connectivity index (χ3v) is 3.68. The maximum Gasteiger partial charge on any atom is 0.243 e. The number of hydrogen-bond acceptors (Lipinski definition) is 2. The van der Waals surface area contributed by atoms with E-state index in [9.17, 15) is 4.79 Å². The highest BCUT2D eigenvalue weighted by atomic mass is 16.1. The van der Waals surface area contributed by atoms with Gasteiger partial charge in [-0.1, -0.05) is 43.7 Å². The molecular formula is C19H24N2O. The van der Waals surface area contributed by atoms with Crippen molar-refractivity contribution >= 4 is 17.3 Å². The standard InChI is InChI=1S/C19H24N2O/c1-13(2)16-6-8-17(9-7-16)21-19(22)12-20-18-10-5-14(3)11-15(18)4/h5-11,13,20H,12H2,1-4H3,(H,21,22). The lowest BCUT2D eigenvalue weighted by molar-refractivity contribution is -0.114. The quantitative estimate of drug-likeness (QED) is 0.854. The van der Waals surface area contributed by atoms with Crippen LogP contribution in [0, 0.1) is 13.8 Å². The molecule has 2 N–H and O–H groups in total. The molecule has 22 heavy (non-hydrogen) atoms. The van der Waals surface area contributed by atoms with Crippen LogP contribution in [0.15, 0.2) is 42.5 Å². The summed E-state index contributed by atoms with van der Waals surface area (Å²) >= 11 is 0. The Labute approximate surface area is 132 Å². The average molecular weight is 296 g/mol. The highest BCUT2D eigenvalue weighted by molar-refractivity contribution is 5.93. The number of anilines is 2. The van der Waals surface area contributed by atoms with Gasteiger partial charge in [0.25, 0.3) is 0 Å². The molecule has 3 nitrogen and oxygen atoms in total. The van der Waals surface area contributed by atoms with Crippen molar-refractivity contribution < 1.29 is 4.79 Å². The maximum atomic E-state index is 12.0. The van der Waals surface area contributed by atoms with Gasteiger partial charge in [0.2, 0.25) is 5.91 Å². The van der Waals surface area contributed by atoms with Crippen molar-refractivity contribution in [3.05, 3.63) is 59.2 Å². The maximum absolute atomic E-state index is 12.0. The molecule has 0 aliphatic heterocycles. The first-order valence-corrected chi connectivity index (χ1v) is 7.66. The van der Waals surface area contributed by atoms with Gasteiger partial charge in [0.05, 0.1) is 6.54 Å².